The molecule has 3 heteroatoms. The molecule has 68 valence electrons. The maximum absolute atomic E-state index is 11.2. The van der Waals surface area contributed by atoms with E-state index in [-0.39, 0.29) is 23.4 Å². The highest BCUT2D eigenvalue weighted by molar-refractivity contribution is 5.77. The number of benzene rings is 1. The van der Waals surface area contributed by atoms with Gasteiger partial charge in [0.25, 0.3) is 0 Å². The Morgan fingerprint density at radius 2 is 2.08 bits per heavy atom. The van der Waals surface area contributed by atoms with Gasteiger partial charge < -0.3 is 9.84 Å². The fourth-order valence-electron chi connectivity index (χ4n) is 1.05. The molecule has 0 atom stereocenters. The number of hydrogen-bond acceptors (Lipinski definition) is 3. The zero-order chi connectivity index (χ0) is 9.26. The smallest absolute Gasteiger partial charge is 0.314 e. The van der Waals surface area contributed by atoms with Crippen LogP contribution in [0.5, 0.6) is 11.5 Å². The van der Waals surface area contributed by atoms with Crippen molar-refractivity contribution in [3.05, 3.63) is 24.3 Å². The molecule has 0 saturated heterocycles. The van der Waals surface area contributed by atoms with Crippen LogP contribution in [0, 0.1) is 5.92 Å². The molecule has 0 aromatic heterocycles. The summed E-state index contributed by atoms with van der Waals surface area (Å²) < 4.78 is 4.98. The molecule has 1 saturated carbocycles. The highest BCUT2D eigenvalue weighted by Crippen LogP contribution is 2.32. The average molecular weight is 178 g/mol. The first-order valence-corrected chi connectivity index (χ1v) is 4.27. The maximum Gasteiger partial charge on any atom is 0.314 e. The fraction of sp³-hybridized carbons (Fsp3) is 0.300. The van der Waals surface area contributed by atoms with Crippen molar-refractivity contribution >= 4 is 5.97 Å². The lowest BCUT2D eigenvalue weighted by Crippen LogP contribution is -2.09. The van der Waals surface area contributed by atoms with Crippen LogP contribution in [0.2, 0.25) is 0 Å². The Morgan fingerprint density at radius 1 is 1.38 bits per heavy atom. The highest BCUT2D eigenvalue weighted by atomic mass is 16.5. The molecule has 1 N–H and O–H groups in total. The normalized spacial score (nSPS) is 15.4. The minimum absolute atomic E-state index is 0.0106. The van der Waals surface area contributed by atoms with Crippen LogP contribution in [0.3, 0.4) is 0 Å². The van der Waals surface area contributed by atoms with Gasteiger partial charge >= 0.3 is 5.97 Å². The maximum atomic E-state index is 11.2. The molecular formula is C10H10O3. The Morgan fingerprint density at radius 3 is 2.69 bits per heavy atom. The molecule has 1 aromatic carbocycles. The summed E-state index contributed by atoms with van der Waals surface area (Å²) in [6, 6.07) is 6.48. The van der Waals surface area contributed by atoms with Gasteiger partial charge in [0.2, 0.25) is 0 Å². The summed E-state index contributed by atoms with van der Waals surface area (Å²) >= 11 is 0. The third kappa shape index (κ3) is 1.80. The number of esters is 1. The second-order valence-corrected chi connectivity index (χ2v) is 3.16. The van der Waals surface area contributed by atoms with Crippen LogP contribution in [-0.4, -0.2) is 11.1 Å². The Balaban J connectivity index is 2.08. The van der Waals surface area contributed by atoms with Crippen molar-refractivity contribution in [2.75, 3.05) is 0 Å². The largest absolute Gasteiger partial charge is 0.504 e. The van der Waals surface area contributed by atoms with E-state index in [4.69, 9.17) is 4.74 Å². The van der Waals surface area contributed by atoms with Gasteiger partial charge in [0, 0.05) is 0 Å². The molecule has 13 heavy (non-hydrogen) atoms. The molecule has 0 radical (unpaired) electrons. The van der Waals surface area contributed by atoms with E-state index in [0.29, 0.717) is 0 Å². The number of rotatable bonds is 2. The summed E-state index contributed by atoms with van der Waals surface area (Å²) in [5.41, 5.74) is 0. The monoisotopic (exact) mass is 178 g/mol. The summed E-state index contributed by atoms with van der Waals surface area (Å²) in [5.74, 6) is 0.0806. The fourth-order valence-corrected chi connectivity index (χ4v) is 1.05. The second-order valence-electron chi connectivity index (χ2n) is 3.16. The van der Waals surface area contributed by atoms with Gasteiger partial charge in [0.05, 0.1) is 5.92 Å². The zero-order valence-electron chi connectivity index (χ0n) is 7.06. The Bertz CT molecular complexity index is 329. The molecule has 1 aromatic rings. The SMILES string of the molecule is O=C(Oc1ccccc1O)C1CC1. The standard InChI is InChI=1S/C10H10O3/c11-8-3-1-2-4-9(8)13-10(12)7-5-6-7/h1-4,7,11H,5-6H2. The summed E-state index contributed by atoms with van der Waals surface area (Å²) in [5, 5.41) is 9.28. The Hall–Kier alpha value is -1.51. The predicted octanol–water partition coefficient (Wildman–Crippen LogP) is 1.71. The lowest BCUT2D eigenvalue weighted by molar-refractivity contribution is -0.135. The van der Waals surface area contributed by atoms with Crippen molar-refractivity contribution in [1.29, 1.82) is 0 Å². The van der Waals surface area contributed by atoms with Gasteiger partial charge in [0.15, 0.2) is 11.5 Å². The van der Waals surface area contributed by atoms with Gasteiger partial charge in [-0.05, 0) is 25.0 Å². The number of phenolic OH excluding ortho intramolecular Hbond substituents is 1. The number of ether oxygens (including phenoxy) is 1. The Kier molecular flexibility index (Phi) is 1.93. The number of para-hydroxylation sites is 2. The van der Waals surface area contributed by atoms with Crippen molar-refractivity contribution in [3.63, 3.8) is 0 Å². The van der Waals surface area contributed by atoms with E-state index in [9.17, 15) is 9.90 Å². The van der Waals surface area contributed by atoms with Crippen molar-refractivity contribution < 1.29 is 14.6 Å². The van der Waals surface area contributed by atoms with Crippen LogP contribution in [0.25, 0.3) is 0 Å². The van der Waals surface area contributed by atoms with Crippen molar-refractivity contribution in [1.82, 2.24) is 0 Å². The number of phenols is 1. The molecule has 3 nitrogen and oxygen atoms in total. The first kappa shape index (κ1) is 8.10. The predicted molar refractivity (Wildman–Crippen MR) is 46.5 cm³/mol. The molecule has 0 amide bonds. The van der Waals surface area contributed by atoms with Crippen molar-refractivity contribution in [2.24, 2.45) is 5.92 Å². The van der Waals surface area contributed by atoms with Gasteiger partial charge in [0.1, 0.15) is 0 Å². The molecule has 0 heterocycles. The molecule has 0 unspecified atom stereocenters. The van der Waals surface area contributed by atoms with Gasteiger partial charge in [-0.1, -0.05) is 12.1 Å². The number of carbonyl (C=O) groups excluding carboxylic acids is 1. The first-order valence-electron chi connectivity index (χ1n) is 4.27. The topological polar surface area (TPSA) is 46.5 Å². The summed E-state index contributed by atoms with van der Waals surface area (Å²) in [6.07, 6.45) is 1.82. The van der Waals surface area contributed by atoms with Crippen molar-refractivity contribution in [3.8, 4) is 11.5 Å². The summed E-state index contributed by atoms with van der Waals surface area (Å²) in [7, 11) is 0. The van der Waals surface area contributed by atoms with E-state index in [1.807, 2.05) is 0 Å². The van der Waals surface area contributed by atoms with Gasteiger partial charge in [-0.3, -0.25) is 4.79 Å². The molecule has 1 fully saturated rings. The first-order chi connectivity index (χ1) is 6.27. The van der Waals surface area contributed by atoms with E-state index in [0.717, 1.165) is 12.8 Å². The molecule has 0 spiro atoms. The van der Waals surface area contributed by atoms with Gasteiger partial charge in [-0.25, -0.2) is 0 Å². The quantitative estimate of drug-likeness (QED) is 0.554. The van der Waals surface area contributed by atoms with Crippen LogP contribution in [-0.2, 0) is 4.79 Å². The molecule has 1 aliphatic rings. The average Bonchev–Trinajstić information content (AvgIpc) is 2.91. The van der Waals surface area contributed by atoms with Gasteiger partial charge in [-0.15, -0.1) is 0 Å². The molecular weight excluding hydrogens is 168 g/mol. The molecule has 0 bridgehead atoms. The van der Waals surface area contributed by atoms with E-state index in [1.54, 1.807) is 18.2 Å². The van der Waals surface area contributed by atoms with E-state index in [2.05, 4.69) is 0 Å². The molecule has 1 aliphatic carbocycles. The number of aromatic hydroxyl groups is 1. The molecule has 0 aliphatic heterocycles. The van der Waals surface area contributed by atoms with Crippen LogP contribution in [0.15, 0.2) is 24.3 Å². The van der Waals surface area contributed by atoms with Crippen molar-refractivity contribution in [2.45, 2.75) is 12.8 Å². The van der Waals surface area contributed by atoms with E-state index >= 15 is 0 Å². The third-order valence-electron chi connectivity index (χ3n) is 1.99. The summed E-state index contributed by atoms with van der Waals surface area (Å²) in [4.78, 5) is 11.2. The third-order valence-corrected chi connectivity index (χ3v) is 1.99. The lowest BCUT2D eigenvalue weighted by Gasteiger charge is -2.03. The van der Waals surface area contributed by atoms with Crippen LogP contribution < -0.4 is 4.74 Å². The number of carbonyl (C=O) groups is 1. The van der Waals surface area contributed by atoms with Gasteiger partial charge in [-0.2, -0.15) is 0 Å². The van der Waals surface area contributed by atoms with Crippen LogP contribution in [0.1, 0.15) is 12.8 Å². The van der Waals surface area contributed by atoms with Crippen LogP contribution in [0.4, 0.5) is 0 Å². The minimum Gasteiger partial charge on any atom is -0.504 e. The Labute approximate surface area is 76.0 Å². The van der Waals surface area contributed by atoms with Crippen LogP contribution >= 0.6 is 0 Å². The van der Waals surface area contributed by atoms with E-state index < -0.39 is 0 Å². The number of hydrogen-bond donors (Lipinski definition) is 1. The zero-order valence-corrected chi connectivity index (χ0v) is 7.06. The second kappa shape index (κ2) is 3.09. The molecule has 2 rings (SSSR count). The van der Waals surface area contributed by atoms with E-state index in [1.165, 1.54) is 6.07 Å². The highest BCUT2D eigenvalue weighted by Gasteiger charge is 2.31. The summed E-state index contributed by atoms with van der Waals surface area (Å²) in [6.45, 7) is 0. The lowest BCUT2D eigenvalue weighted by atomic mass is 10.3. The minimum atomic E-state index is -0.235.